The molecule has 0 N–H and O–H groups in total. The first-order valence-corrected chi connectivity index (χ1v) is 8.09. The van der Waals surface area contributed by atoms with Gasteiger partial charge in [-0.05, 0) is 18.2 Å². The normalized spacial score (nSPS) is 13.2. The Morgan fingerprint density at radius 3 is 2.11 bits per heavy atom. The number of alkyl halides is 6. The predicted octanol–water partition coefficient (Wildman–Crippen LogP) is 5.86. The Kier molecular flexibility index (Phi) is 4.55. The van der Waals surface area contributed by atoms with Crippen LogP contribution in [0, 0.1) is 0 Å². The highest BCUT2D eigenvalue weighted by atomic mass is 19.4. The molecule has 3 rings (SSSR count). The summed E-state index contributed by atoms with van der Waals surface area (Å²) in [6.45, 7) is 5.44. The molecule has 0 unspecified atom stereocenters. The molecule has 0 bridgehead atoms. The number of hydrogen-bond acceptors (Lipinski definition) is 3. The van der Waals surface area contributed by atoms with Crippen LogP contribution in [0.15, 0.2) is 36.4 Å². The third-order valence-electron chi connectivity index (χ3n) is 3.84. The van der Waals surface area contributed by atoms with E-state index in [9.17, 15) is 26.3 Å². The third-order valence-corrected chi connectivity index (χ3v) is 3.84. The average Bonchev–Trinajstić information content (AvgIpc) is 2.98. The van der Waals surface area contributed by atoms with Crippen LogP contribution < -0.4 is 4.74 Å². The first kappa shape index (κ1) is 20.0. The van der Waals surface area contributed by atoms with Crippen LogP contribution in [0.1, 0.15) is 37.7 Å². The van der Waals surface area contributed by atoms with Crippen molar-refractivity contribution in [3.8, 4) is 11.6 Å². The minimum atomic E-state index is -4.76. The van der Waals surface area contributed by atoms with E-state index < -0.39 is 34.9 Å². The van der Waals surface area contributed by atoms with Gasteiger partial charge in [0.15, 0.2) is 11.3 Å². The van der Waals surface area contributed by atoms with Crippen LogP contribution in [0.2, 0.25) is 0 Å². The van der Waals surface area contributed by atoms with E-state index in [4.69, 9.17) is 4.74 Å². The van der Waals surface area contributed by atoms with Gasteiger partial charge in [0.25, 0.3) is 0 Å². The lowest BCUT2D eigenvalue weighted by Gasteiger charge is -2.14. The van der Waals surface area contributed by atoms with Crippen LogP contribution >= 0.6 is 0 Å². The lowest BCUT2D eigenvalue weighted by atomic mass is 9.93. The highest BCUT2D eigenvalue weighted by Gasteiger charge is 2.35. The molecule has 0 amide bonds. The molecule has 0 aliphatic carbocycles. The van der Waals surface area contributed by atoms with Gasteiger partial charge in [0.1, 0.15) is 5.75 Å². The van der Waals surface area contributed by atoms with Gasteiger partial charge in [-0.2, -0.15) is 36.0 Å². The molecule has 0 spiro atoms. The summed E-state index contributed by atoms with van der Waals surface area (Å²) >= 11 is 0. The molecule has 2 heterocycles. The van der Waals surface area contributed by atoms with Crippen LogP contribution in [0.4, 0.5) is 26.3 Å². The van der Waals surface area contributed by atoms with Crippen molar-refractivity contribution in [2.24, 2.45) is 0 Å². The maximum absolute atomic E-state index is 13.2. The van der Waals surface area contributed by atoms with Crippen LogP contribution in [-0.4, -0.2) is 14.6 Å². The topological polar surface area (TPSA) is 39.4 Å². The van der Waals surface area contributed by atoms with E-state index in [1.807, 2.05) is 20.8 Å². The van der Waals surface area contributed by atoms with Crippen LogP contribution in [0.3, 0.4) is 0 Å². The summed E-state index contributed by atoms with van der Waals surface area (Å²) in [4.78, 5) is 3.56. The fourth-order valence-electron chi connectivity index (χ4n) is 2.39. The first-order chi connectivity index (χ1) is 12.7. The van der Waals surface area contributed by atoms with Crippen molar-refractivity contribution in [3.63, 3.8) is 0 Å². The number of aromatic nitrogens is 3. The number of rotatable bonds is 2. The molecule has 3 aromatic rings. The van der Waals surface area contributed by atoms with E-state index in [1.54, 1.807) is 0 Å². The van der Waals surface area contributed by atoms with Gasteiger partial charge >= 0.3 is 12.4 Å². The summed E-state index contributed by atoms with van der Waals surface area (Å²) in [5.41, 5.74) is -2.38. The molecular formula is C18H15F6N3O. The Labute approximate surface area is 155 Å². The van der Waals surface area contributed by atoms with Gasteiger partial charge in [-0.1, -0.05) is 26.8 Å². The summed E-state index contributed by atoms with van der Waals surface area (Å²) < 4.78 is 84.6. The summed E-state index contributed by atoms with van der Waals surface area (Å²) in [7, 11) is 0. The van der Waals surface area contributed by atoms with E-state index in [1.165, 1.54) is 12.1 Å². The highest BCUT2D eigenvalue weighted by molar-refractivity contribution is 5.46. The van der Waals surface area contributed by atoms with Gasteiger partial charge in [0.05, 0.1) is 11.3 Å². The van der Waals surface area contributed by atoms with E-state index in [-0.39, 0.29) is 11.4 Å². The van der Waals surface area contributed by atoms with Gasteiger partial charge in [-0.3, -0.25) is 0 Å². The Hall–Kier alpha value is -2.78. The second-order valence-electron chi connectivity index (χ2n) is 7.15. The zero-order valence-corrected chi connectivity index (χ0v) is 15.0. The van der Waals surface area contributed by atoms with Crippen LogP contribution in [-0.2, 0) is 17.8 Å². The SMILES string of the molecule is CC(C)(C)c1cc2nc(C(F)(F)F)cc(Oc3cccc(C(F)(F)F)c3)n2n1. The number of nitrogens with zero attached hydrogens (tertiary/aromatic N) is 3. The van der Waals surface area contributed by atoms with Gasteiger partial charge in [-0.25, -0.2) is 4.98 Å². The van der Waals surface area contributed by atoms with Crippen molar-refractivity contribution in [1.82, 2.24) is 14.6 Å². The molecule has 0 atom stereocenters. The quantitative estimate of drug-likeness (QED) is 0.504. The van der Waals surface area contributed by atoms with Crippen molar-refractivity contribution < 1.29 is 31.1 Å². The van der Waals surface area contributed by atoms with Crippen molar-refractivity contribution in [3.05, 3.63) is 53.3 Å². The molecule has 150 valence electrons. The number of ether oxygens (including phenoxy) is 1. The molecule has 0 saturated carbocycles. The first-order valence-electron chi connectivity index (χ1n) is 8.09. The second-order valence-corrected chi connectivity index (χ2v) is 7.15. The fraction of sp³-hybridized carbons (Fsp3) is 0.333. The molecule has 0 aliphatic rings. The standard InChI is InChI=1S/C18H15F6N3O/c1-16(2,3)12-8-14-25-13(18(22,23)24)9-15(27(14)26-12)28-11-6-4-5-10(7-11)17(19,20)21/h4-9H,1-3H3. The summed E-state index contributed by atoms with van der Waals surface area (Å²) in [6.07, 6.45) is -9.38. The minimum Gasteiger partial charge on any atom is -0.439 e. The molecule has 0 radical (unpaired) electrons. The Morgan fingerprint density at radius 1 is 0.857 bits per heavy atom. The zero-order chi connectivity index (χ0) is 20.9. The van der Waals surface area contributed by atoms with Crippen LogP contribution in [0.5, 0.6) is 11.6 Å². The van der Waals surface area contributed by atoms with E-state index >= 15 is 0 Å². The molecule has 0 aliphatic heterocycles. The zero-order valence-electron chi connectivity index (χ0n) is 15.0. The summed E-state index contributed by atoms with van der Waals surface area (Å²) in [6, 6.07) is 5.84. The smallest absolute Gasteiger partial charge is 0.433 e. The maximum atomic E-state index is 13.2. The van der Waals surface area contributed by atoms with Crippen molar-refractivity contribution >= 4 is 5.65 Å². The largest absolute Gasteiger partial charge is 0.439 e. The molecular weight excluding hydrogens is 388 g/mol. The fourth-order valence-corrected chi connectivity index (χ4v) is 2.39. The lowest BCUT2D eigenvalue weighted by molar-refractivity contribution is -0.141. The summed E-state index contributed by atoms with van der Waals surface area (Å²) in [5.74, 6) is -0.671. The van der Waals surface area contributed by atoms with Crippen LogP contribution in [0.25, 0.3) is 5.65 Å². The molecule has 2 aromatic heterocycles. The Bertz CT molecular complexity index is 1010. The molecule has 0 fully saturated rings. The Morgan fingerprint density at radius 2 is 1.54 bits per heavy atom. The van der Waals surface area contributed by atoms with Gasteiger partial charge < -0.3 is 4.74 Å². The van der Waals surface area contributed by atoms with Crippen molar-refractivity contribution in [2.75, 3.05) is 0 Å². The van der Waals surface area contributed by atoms with E-state index in [2.05, 4.69) is 10.1 Å². The number of fused-ring (bicyclic) bond motifs is 1. The van der Waals surface area contributed by atoms with E-state index in [0.717, 1.165) is 16.6 Å². The second kappa shape index (κ2) is 6.39. The summed E-state index contributed by atoms with van der Waals surface area (Å²) in [5, 5.41) is 4.21. The van der Waals surface area contributed by atoms with Gasteiger partial charge in [-0.15, -0.1) is 0 Å². The molecule has 4 nitrogen and oxygen atoms in total. The number of halogens is 6. The maximum Gasteiger partial charge on any atom is 0.433 e. The predicted molar refractivity (Wildman–Crippen MR) is 88.2 cm³/mol. The van der Waals surface area contributed by atoms with Gasteiger partial charge in [0, 0.05) is 17.5 Å². The van der Waals surface area contributed by atoms with E-state index in [0.29, 0.717) is 17.8 Å². The molecule has 28 heavy (non-hydrogen) atoms. The number of benzene rings is 1. The lowest BCUT2D eigenvalue weighted by Crippen LogP contribution is -2.12. The molecule has 0 saturated heterocycles. The molecule has 10 heteroatoms. The molecule has 1 aromatic carbocycles. The van der Waals surface area contributed by atoms with Crippen molar-refractivity contribution in [2.45, 2.75) is 38.5 Å². The van der Waals surface area contributed by atoms with Gasteiger partial charge in [0.2, 0.25) is 5.88 Å². The Balaban J connectivity index is 2.14. The van der Waals surface area contributed by atoms with Crippen molar-refractivity contribution in [1.29, 1.82) is 0 Å². The average molecular weight is 403 g/mol. The highest BCUT2D eigenvalue weighted by Crippen LogP contribution is 2.35. The number of hydrogen-bond donors (Lipinski definition) is 0. The third kappa shape index (κ3) is 4.05. The monoisotopic (exact) mass is 403 g/mol. The minimum absolute atomic E-state index is 0.123.